The van der Waals surface area contributed by atoms with E-state index in [2.05, 4.69) is 10.6 Å². The third kappa shape index (κ3) is 3.48. The number of amides is 2. The van der Waals surface area contributed by atoms with Crippen LogP contribution in [0.1, 0.15) is 13.8 Å². The minimum atomic E-state index is -0.495. The molecular weight excluding hydrogens is 264 g/mol. The fourth-order valence-electron chi connectivity index (χ4n) is 1.73. The number of benzene rings is 1. The molecule has 1 atom stereocenters. The lowest BCUT2D eigenvalue weighted by atomic mass is 10.2. The lowest BCUT2D eigenvalue weighted by Crippen LogP contribution is -2.27. The van der Waals surface area contributed by atoms with Crippen molar-refractivity contribution in [2.24, 2.45) is 0 Å². The number of carbonyl (C=O) groups is 2. The lowest BCUT2D eigenvalue weighted by molar-refractivity contribution is -0.126. The molecule has 0 aromatic heterocycles. The first kappa shape index (κ1) is 13.9. The molecule has 0 bridgehead atoms. The van der Waals surface area contributed by atoms with Gasteiger partial charge in [-0.25, -0.2) is 0 Å². The molecule has 102 valence electrons. The van der Waals surface area contributed by atoms with Crippen LogP contribution in [0.5, 0.6) is 0 Å². The van der Waals surface area contributed by atoms with Gasteiger partial charge in [-0.1, -0.05) is 0 Å². The second-order valence-electron chi connectivity index (χ2n) is 4.13. The number of hydrogen-bond acceptors (Lipinski definition) is 4. The third-order valence-corrected chi connectivity index (χ3v) is 3.74. The second-order valence-corrected chi connectivity index (χ2v) is 5.15. The van der Waals surface area contributed by atoms with E-state index >= 15 is 0 Å². The van der Waals surface area contributed by atoms with Gasteiger partial charge < -0.3 is 15.4 Å². The summed E-state index contributed by atoms with van der Waals surface area (Å²) in [5.74, 6) is 0.209. The Hall–Kier alpha value is -1.53. The van der Waals surface area contributed by atoms with E-state index in [0.717, 1.165) is 10.6 Å². The van der Waals surface area contributed by atoms with E-state index in [-0.39, 0.29) is 11.8 Å². The molecule has 1 aliphatic heterocycles. The van der Waals surface area contributed by atoms with Crippen LogP contribution >= 0.6 is 11.8 Å². The highest BCUT2D eigenvalue weighted by atomic mass is 32.2. The highest BCUT2D eigenvalue weighted by Crippen LogP contribution is 2.33. The minimum absolute atomic E-state index is 0.0244. The molecule has 0 radical (unpaired) electrons. The van der Waals surface area contributed by atoms with E-state index < -0.39 is 6.10 Å². The molecular formula is C13H16N2O3S. The molecule has 1 aromatic rings. The van der Waals surface area contributed by atoms with Crippen molar-refractivity contribution in [2.45, 2.75) is 24.8 Å². The summed E-state index contributed by atoms with van der Waals surface area (Å²) < 4.78 is 5.22. The van der Waals surface area contributed by atoms with Crippen LogP contribution in [0.4, 0.5) is 11.4 Å². The third-order valence-electron chi connectivity index (χ3n) is 2.67. The molecule has 0 saturated carbocycles. The Kier molecular flexibility index (Phi) is 4.44. The summed E-state index contributed by atoms with van der Waals surface area (Å²) in [5.41, 5.74) is 1.39. The average Bonchev–Trinajstić information content (AvgIpc) is 2.38. The largest absolute Gasteiger partial charge is 0.369 e. The topological polar surface area (TPSA) is 67.4 Å². The van der Waals surface area contributed by atoms with Gasteiger partial charge in [-0.15, -0.1) is 11.8 Å². The van der Waals surface area contributed by atoms with Gasteiger partial charge in [0.1, 0.15) is 6.10 Å². The van der Waals surface area contributed by atoms with Crippen molar-refractivity contribution in [3.8, 4) is 0 Å². The van der Waals surface area contributed by atoms with Gasteiger partial charge in [-0.2, -0.15) is 0 Å². The fraction of sp³-hybridized carbons (Fsp3) is 0.385. The molecule has 6 heteroatoms. The van der Waals surface area contributed by atoms with Crippen molar-refractivity contribution in [2.75, 3.05) is 23.0 Å². The molecule has 0 saturated heterocycles. The van der Waals surface area contributed by atoms with Crippen LogP contribution in [0.3, 0.4) is 0 Å². The molecule has 0 spiro atoms. The first-order valence-corrected chi connectivity index (χ1v) is 7.08. The number of ether oxygens (including phenoxy) is 1. The molecule has 19 heavy (non-hydrogen) atoms. The normalized spacial score (nSPS) is 15.4. The van der Waals surface area contributed by atoms with E-state index in [1.54, 1.807) is 13.0 Å². The molecule has 2 amide bonds. The maximum atomic E-state index is 11.8. The van der Waals surface area contributed by atoms with Gasteiger partial charge in [-0.05, 0) is 32.0 Å². The molecule has 1 aromatic carbocycles. The predicted molar refractivity (Wildman–Crippen MR) is 75.5 cm³/mol. The van der Waals surface area contributed by atoms with Crippen LogP contribution in [-0.4, -0.2) is 30.3 Å². The van der Waals surface area contributed by atoms with Gasteiger partial charge >= 0.3 is 0 Å². The van der Waals surface area contributed by atoms with Gasteiger partial charge in [-0.3, -0.25) is 9.59 Å². The molecule has 2 N–H and O–H groups in total. The molecule has 2 rings (SSSR count). The standard InChI is InChI=1S/C13H16N2O3S/c1-3-18-8(2)13(17)14-9-4-5-11-10(6-9)15-12(16)7-19-11/h4-6,8H,3,7H2,1-2H3,(H,14,17)(H,15,16). The number of rotatable bonds is 4. The average molecular weight is 280 g/mol. The van der Waals surface area contributed by atoms with Crippen molar-refractivity contribution in [1.29, 1.82) is 0 Å². The number of carbonyl (C=O) groups excluding carboxylic acids is 2. The first-order valence-electron chi connectivity index (χ1n) is 6.09. The van der Waals surface area contributed by atoms with E-state index in [0.29, 0.717) is 18.0 Å². The Morgan fingerprint density at radius 1 is 1.58 bits per heavy atom. The summed E-state index contributed by atoms with van der Waals surface area (Å²) >= 11 is 1.49. The minimum Gasteiger partial charge on any atom is -0.369 e. The highest BCUT2D eigenvalue weighted by Gasteiger charge is 2.17. The summed E-state index contributed by atoms with van der Waals surface area (Å²) in [6.07, 6.45) is -0.495. The van der Waals surface area contributed by atoms with Crippen molar-refractivity contribution in [1.82, 2.24) is 0 Å². The van der Waals surface area contributed by atoms with Crippen LogP contribution in [-0.2, 0) is 14.3 Å². The van der Waals surface area contributed by atoms with Crippen LogP contribution in [0.2, 0.25) is 0 Å². The molecule has 1 heterocycles. The second kappa shape index (κ2) is 6.08. The number of thioether (sulfide) groups is 1. The number of nitrogens with one attached hydrogen (secondary N) is 2. The van der Waals surface area contributed by atoms with Crippen molar-refractivity contribution in [3.63, 3.8) is 0 Å². The summed E-state index contributed by atoms with van der Waals surface area (Å²) in [5, 5.41) is 5.55. The Bertz CT molecular complexity index is 505. The monoisotopic (exact) mass is 280 g/mol. The highest BCUT2D eigenvalue weighted by molar-refractivity contribution is 8.00. The number of anilines is 2. The van der Waals surface area contributed by atoms with Gasteiger partial charge in [0.2, 0.25) is 5.91 Å². The van der Waals surface area contributed by atoms with Crippen LogP contribution in [0, 0.1) is 0 Å². The van der Waals surface area contributed by atoms with Gasteiger partial charge in [0.05, 0.1) is 11.4 Å². The van der Waals surface area contributed by atoms with E-state index in [4.69, 9.17) is 4.74 Å². The zero-order valence-electron chi connectivity index (χ0n) is 10.9. The van der Waals surface area contributed by atoms with Crippen molar-refractivity contribution in [3.05, 3.63) is 18.2 Å². The quantitative estimate of drug-likeness (QED) is 0.886. The number of fused-ring (bicyclic) bond motifs is 1. The van der Waals surface area contributed by atoms with Crippen LogP contribution in [0.15, 0.2) is 23.1 Å². The molecule has 0 aliphatic carbocycles. The molecule has 1 aliphatic rings. The molecule has 1 unspecified atom stereocenters. The van der Waals surface area contributed by atoms with Crippen LogP contribution in [0.25, 0.3) is 0 Å². The molecule has 0 fully saturated rings. The maximum absolute atomic E-state index is 11.8. The Balaban J connectivity index is 2.08. The van der Waals surface area contributed by atoms with Gasteiger partial charge in [0.25, 0.3) is 5.91 Å². The zero-order chi connectivity index (χ0) is 13.8. The first-order chi connectivity index (χ1) is 9.10. The van der Waals surface area contributed by atoms with E-state index in [1.807, 2.05) is 19.1 Å². The van der Waals surface area contributed by atoms with E-state index in [9.17, 15) is 9.59 Å². The van der Waals surface area contributed by atoms with Crippen molar-refractivity contribution < 1.29 is 14.3 Å². The smallest absolute Gasteiger partial charge is 0.253 e. The van der Waals surface area contributed by atoms with Gasteiger partial charge in [0.15, 0.2) is 0 Å². The fourth-order valence-corrected chi connectivity index (χ4v) is 2.52. The van der Waals surface area contributed by atoms with Crippen molar-refractivity contribution >= 4 is 35.0 Å². The summed E-state index contributed by atoms with van der Waals surface area (Å²) in [6.45, 7) is 4.04. The zero-order valence-corrected chi connectivity index (χ0v) is 11.7. The Morgan fingerprint density at radius 2 is 2.37 bits per heavy atom. The molecule has 5 nitrogen and oxygen atoms in total. The lowest BCUT2D eigenvalue weighted by Gasteiger charge is -2.18. The van der Waals surface area contributed by atoms with Crippen LogP contribution < -0.4 is 10.6 Å². The maximum Gasteiger partial charge on any atom is 0.253 e. The predicted octanol–water partition coefficient (Wildman–Crippen LogP) is 2.09. The van der Waals surface area contributed by atoms with E-state index in [1.165, 1.54) is 11.8 Å². The summed E-state index contributed by atoms with van der Waals surface area (Å²) in [7, 11) is 0. The number of hydrogen-bond donors (Lipinski definition) is 2. The Morgan fingerprint density at radius 3 is 3.11 bits per heavy atom. The Labute approximate surface area is 116 Å². The summed E-state index contributed by atoms with van der Waals surface area (Å²) in [6, 6.07) is 5.47. The van der Waals surface area contributed by atoms with Gasteiger partial charge in [0, 0.05) is 17.2 Å². The SMILES string of the molecule is CCOC(C)C(=O)Nc1ccc2c(c1)NC(=O)CS2. The summed E-state index contributed by atoms with van der Waals surface area (Å²) in [4.78, 5) is 24.1.